The van der Waals surface area contributed by atoms with Crippen molar-refractivity contribution in [2.75, 3.05) is 6.61 Å². The molecule has 122 valence electrons. The molecule has 0 heterocycles. The van der Waals surface area contributed by atoms with Gasteiger partial charge in [0.05, 0.1) is 6.61 Å². The molecule has 1 aromatic carbocycles. The van der Waals surface area contributed by atoms with Gasteiger partial charge in [0.1, 0.15) is 0 Å². The van der Waals surface area contributed by atoms with Crippen molar-refractivity contribution in [1.82, 2.24) is 16.2 Å². The van der Waals surface area contributed by atoms with Crippen molar-refractivity contribution in [1.29, 1.82) is 0 Å². The van der Waals surface area contributed by atoms with Crippen molar-refractivity contribution >= 4 is 35.1 Å². The zero-order valence-electron chi connectivity index (χ0n) is 12.7. The van der Waals surface area contributed by atoms with Crippen LogP contribution in [0.4, 0.5) is 0 Å². The third-order valence-corrected chi connectivity index (χ3v) is 2.70. The summed E-state index contributed by atoms with van der Waals surface area (Å²) in [5.74, 6) is -1.65. The van der Waals surface area contributed by atoms with Crippen LogP contribution in [0.1, 0.15) is 22.8 Å². The highest BCUT2D eigenvalue weighted by Crippen LogP contribution is 2.02. The predicted molar refractivity (Wildman–Crippen MR) is 88.3 cm³/mol. The summed E-state index contributed by atoms with van der Waals surface area (Å²) >= 11 is 4.84. The van der Waals surface area contributed by atoms with E-state index in [0.717, 1.165) is 17.7 Å². The van der Waals surface area contributed by atoms with Gasteiger partial charge < -0.3 is 4.74 Å². The van der Waals surface area contributed by atoms with Gasteiger partial charge in [-0.1, -0.05) is 17.7 Å². The molecule has 0 aliphatic carbocycles. The number of hydrazine groups is 1. The number of amides is 2. The van der Waals surface area contributed by atoms with Crippen LogP contribution < -0.4 is 16.2 Å². The number of ether oxygens (including phenoxy) is 1. The maximum absolute atomic E-state index is 11.8. The van der Waals surface area contributed by atoms with Crippen molar-refractivity contribution in [2.45, 2.75) is 13.8 Å². The van der Waals surface area contributed by atoms with Gasteiger partial charge in [0, 0.05) is 17.7 Å². The fourth-order valence-corrected chi connectivity index (χ4v) is 1.56. The van der Waals surface area contributed by atoms with Crippen LogP contribution in [-0.2, 0) is 14.3 Å². The van der Waals surface area contributed by atoms with Crippen molar-refractivity contribution < 1.29 is 19.1 Å². The van der Waals surface area contributed by atoms with E-state index in [1.165, 1.54) is 0 Å². The molecular formula is C15H17N3O4S. The van der Waals surface area contributed by atoms with Crippen LogP contribution in [0.5, 0.6) is 0 Å². The average molecular weight is 335 g/mol. The van der Waals surface area contributed by atoms with E-state index in [4.69, 9.17) is 12.2 Å². The van der Waals surface area contributed by atoms with Gasteiger partial charge >= 0.3 is 5.97 Å². The maximum Gasteiger partial charge on any atom is 0.330 e. The zero-order chi connectivity index (χ0) is 17.2. The standard InChI is InChI=1S/C15H17N3O4S/c1-3-22-13(20)9-8-12(19)16-15(23)18-17-14(21)11-6-4-10(2)5-7-11/h4-9H,3H2,1-2H3,(H,17,21)(H2,16,18,19,23)/b9-8+. The predicted octanol–water partition coefficient (Wildman–Crippen LogP) is 0.750. The lowest BCUT2D eigenvalue weighted by Crippen LogP contribution is -2.48. The van der Waals surface area contributed by atoms with E-state index >= 15 is 0 Å². The second-order valence-corrected chi connectivity index (χ2v) is 4.76. The van der Waals surface area contributed by atoms with Gasteiger partial charge in [-0.25, -0.2) is 4.79 Å². The topological polar surface area (TPSA) is 96.5 Å². The van der Waals surface area contributed by atoms with Crippen molar-refractivity contribution in [3.05, 3.63) is 47.5 Å². The number of benzene rings is 1. The van der Waals surface area contributed by atoms with Crippen molar-refractivity contribution in [3.63, 3.8) is 0 Å². The molecule has 23 heavy (non-hydrogen) atoms. The van der Waals surface area contributed by atoms with Crippen molar-refractivity contribution in [2.24, 2.45) is 0 Å². The van der Waals surface area contributed by atoms with Gasteiger partial charge in [0.15, 0.2) is 5.11 Å². The number of thiocarbonyl (C=S) groups is 1. The molecule has 0 bridgehead atoms. The number of hydrogen-bond acceptors (Lipinski definition) is 5. The molecule has 0 aromatic heterocycles. The summed E-state index contributed by atoms with van der Waals surface area (Å²) in [6.45, 7) is 3.78. The Morgan fingerprint density at radius 3 is 2.39 bits per heavy atom. The van der Waals surface area contributed by atoms with Gasteiger partial charge in [0.25, 0.3) is 5.91 Å². The Morgan fingerprint density at radius 1 is 1.13 bits per heavy atom. The highest BCUT2D eigenvalue weighted by atomic mass is 32.1. The van der Waals surface area contributed by atoms with Crippen LogP contribution in [-0.4, -0.2) is 29.5 Å². The Labute approximate surface area is 139 Å². The van der Waals surface area contributed by atoms with Crippen LogP contribution in [0, 0.1) is 6.92 Å². The maximum atomic E-state index is 11.8. The quantitative estimate of drug-likeness (QED) is 0.325. The molecular weight excluding hydrogens is 318 g/mol. The molecule has 0 aliphatic heterocycles. The number of nitrogens with one attached hydrogen (secondary N) is 3. The monoisotopic (exact) mass is 335 g/mol. The van der Waals surface area contributed by atoms with Gasteiger partial charge in [-0.3, -0.25) is 25.8 Å². The minimum Gasteiger partial charge on any atom is -0.463 e. The molecule has 0 unspecified atom stereocenters. The summed E-state index contributed by atoms with van der Waals surface area (Å²) in [7, 11) is 0. The van der Waals surface area contributed by atoms with Crippen LogP contribution in [0.15, 0.2) is 36.4 Å². The first-order valence-electron chi connectivity index (χ1n) is 6.75. The fourth-order valence-electron chi connectivity index (χ4n) is 1.41. The van der Waals surface area contributed by atoms with E-state index in [-0.39, 0.29) is 11.7 Å². The van der Waals surface area contributed by atoms with Crippen LogP contribution in [0.25, 0.3) is 0 Å². The Morgan fingerprint density at radius 2 is 1.78 bits per heavy atom. The summed E-state index contributed by atoms with van der Waals surface area (Å²) in [5.41, 5.74) is 6.21. The highest BCUT2D eigenvalue weighted by Gasteiger charge is 2.06. The number of carbonyl (C=O) groups excluding carboxylic acids is 3. The highest BCUT2D eigenvalue weighted by molar-refractivity contribution is 7.80. The molecule has 1 rings (SSSR count). The van der Waals surface area contributed by atoms with E-state index in [2.05, 4.69) is 20.9 Å². The fraction of sp³-hybridized carbons (Fsp3) is 0.200. The first-order valence-corrected chi connectivity index (χ1v) is 7.16. The summed E-state index contributed by atoms with van der Waals surface area (Å²) in [6.07, 6.45) is 1.96. The molecule has 0 fully saturated rings. The lowest BCUT2D eigenvalue weighted by Gasteiger charge is -2.09. The molecule has 0 atom stereocenters. The smallest absolute Gasteiger partial charge is 0.330 e. The number of aryl methyl sites for hydroxylation is 1. The van der Waals surface area contributed by atoms with E-state index in [9.17, 15) is 14.4 Å². The minimum atomic E-state index is -0.630. The van der Waals surface area contributed by atoms with Gasteiger partial charge in [-0.2, -0.15) is 0 Å². The lowest BCUT2D eigenvalue weighted by atomic mass is 10.1. The molecule has 7 nitrogen and oxygen atoms in total. The number of esters is 1. The molecule has 0 spiro atoms. The van der Waals surface area contributed by atoms with Gasteiger partial charge in [0.2, 0.25) is 5.91 Å². The lowest BCUT2D eigenvalue weighted by molar-refractivity contribution is -0.137. The molecule has 2 amide bonds. The van der Waals surface area contributed by atoms with E-state index in [1.54, 1.807) is 31.2 Å². The third kappa shape index (κ3) is 7.18. The number of rotatable bonds is 4. The number of carbonyl (C=O) groups is 3. The second kappa shape index (κ2) is 9.31. The third-order valence-electron chi connectivity index (χ3n) is 2.50. The average Bonchev–Trinajstić information content (AvgIpc) is 2.51. The molecule has 0 saturated heterocycles. The molecule has 0 aliphatic rings. The van der Waals surface area contributed by atoms with Gasteiger partial charge in [-0.15, -0.1) is 0 Å². The second-order valence-electron chi connectivity index (χ2n) is 4.35. The normalized spacial score (nSPS) is 10.0. The molecule has 0 saturated carbocycles. The Kier molecular flexibility index (Phi) is 7.41. The van der Waals surface area contributed by atoms with Crippen LogP contribution in [0.2, 0.25) is 0 Å². The van der Waals surface area contributed by atoms with E-state index in [0.29, 0.717) is 5.56 Å². The summed E-state index contributed by atoms with van der Waals surface area (Å²) in [4.78, 5) is 34.3. The SMILES string of the molecule is CCOC(=O)/C=C/C(=O)NC(=S)NNC(=O)c1ccc(C)cc1. The largest absolute Gasteiger partial charge is 0.463 e. The van der Waals surface area contributed by atoms with Gasteiger partial charge in [-0.05, 0) is 38.2 Å². The Bertz CT molecular complexity index is 626. The molecule has 1 aromatic rings. The summed E-state index contributed by atoms with van der Waals surface area (Å²) in [6, 6.07) is 6.93. The Hall–Kier alpha value is -2.74. The van der Waals surface area contributed by atoms with Crippen LogP contribution >= 0.6 is 12.2 Å². The number of hydrogen-bond donors (Lipinski definition) is 3. The summed E-state index contributed by atoms with van der Waals surface area (Å²) in [5, 5.41) is 2.16. The molecule has 0 radical (unpaired) electrons. The van der Waals surface area contributed by atoms with Crippen LogP contribution in [0.3, 0.4) is 0 Å². The van der Waals surface area contributed by atoms with E-state index in [1.807, 2.05) is 6.92 Å². The first-order chi connectivity index (χ1) is 10.9. The molecule has 3 N–H and O–H groups in total. The Balaban J connectivity index is 2.39. The van der Waals surface area contributed by atoms with E-state index < -0.39 is 17.8 Å². The molecule has 8 heteroatoms. The zero-order valence-corrected chi connectivity index (χ0v) is 13.5. The van der Waals surface area contributed by atoms with Crippen molar-refractivity contribution in [3.8, 4) is 0 Å². The first kappa shape index (κ1) is 18.3. The summed E-state index contributed by atoms with van der Waals surface area (Å²) < 4.78 is 4.62. The minimum absolute atomic E-state index is 0.107.